The molecule has 1 atom stereocenters. The van der Waals surface area contributed by atoms with E-state index in [-0.39, 0.29) is 5.69 Å². The minimum absolute atomic E-state index is 0.168. The van der Waals surface area contributed by atoms with E-state index < -0.39 is 0 Å². The lowest BCUT2D eigenvalue weighted by atomic mass is 10.2. The van der Waals surface area contributed by atoms with Gasteiger partial charge in [0.25, 0.3) is 0 Å². The first kappa shape index (κ1) is 15.4. The van der Waals surface area contributed by atoms with Crippen molar-refractivity contribution in [1.29, 1.82) is 0 Å². The summed E-state index contributed by atoms with van der Waals surface area (Å²) in [6.45, 7) is 9.57. The third-order valence-electron chi connectivity index (χ3n) is 3.08. The lowest BCUT2D eigenvalue weighted by Crippen LogP contribution is -2.34. The summed E-state index contributed by atoms with van der Waals surface area (Å²) >= 11 is 3.47. The first-order chi connectivity index (χ1) is 8.47. The summed E-state index contributed by atoms with van der Waals surface area (Å²) < 4.78 is 2.63. The third kappa shape index (κ3) is 3.92. The summed E-state index contributed by atoms with van der Waals surface area (Å²) in [5.74, 6) is 0. The highest BCUT2D eigenvalue weighted by Crippen LogP contribution is 2.16. The molecular formula is C13H22BrN3O. The normalized spacial score (nSPS) is 12.7. The predicted octanol–water partition coefficient (Wildman–Crippen LogP) is 2.40. The molecule has 0 saturated heterocycles. The van der Waals surface area contributed by atoms with E-state index in [0.29, 0.717) is 12.6 Å². The summed E-state index contributed by atoms with van der Waals surface area (Å²) in [5.41, 5.74) is 1.52. The molecule has 1 aromatic rings. The van der Waals surface area contributed by atoms with Crippen LogP contribution in [-0.2, 0) is 6.54 Å². The zero-order chi connectivity index (χ0) is 13.7. The lowest BCUT2D eigenvalue weighted by Gasteiger charge is -2.15. The van der Waals surface area contributed by atoms with Crippen LogP contribution in [0.5, 0.6) is 0 Å². The molecule has 5 heteroatoms. The van der Waals surface area contributed by atoms with Crippen LogP contribution in [0.4, 0.5) is 0 Å². The van der Waals surface area contributed by atoms with E-state index in [2.05, 4.69) is 40.1 Å². The number of hydrogen-bond donors (Lipinski definition) is 1. The van der Waals surface area contributed by atoms with Crippen LogP contribution in [0.2, 0.25) is 0 Å². The molecule has 0 amide bonds. The van der Waals surface area contributed by atoms with Crippen LogP contribution in [0.3, 0.4) is 0 Å². The highest BCUT2D eigenvalue weighted by molar-refractivity contribution is 9.10. The van der Waals surface area contributed by atoms with Gasteiger partial charge in [0, 0.05) is 24.8 Å². The van der Waals surface area contributed by atoms with E-state index in [9.17, 15) is 4.79 Å². The second kappa shape index (κ2) is 7.04. The number of aromatic nitrogens is 2. The first-order valence-corrected chi connectivity index (χ1v) is 7.23. The van der Waals surface area contributed by atoms with Crippen LogP contribution in [0.1, 0.15) is 38.1 Å². The molecule has 1 rings (SSSR count). The third-order valence-corrected chi connectivity index (χ3v) is 4.23. The number of nitrogens with one attached hydrogen (secondary N) is 1. The molecule has 0 radical (unpaired) electrons. The minimum Gasteiger partial charge on any atom is -0.312 e. The molecule has 1 heterocycles. The van der Waals surface area contributed by atoms with Gasteiger partial charge >= 0.3 is 5.69 Å². The molecule has 0 spiro atoms. The van der Waals surface area contributed by atoms with Crippen molar-refractivity contribution < 1.29 is 0 Å². The molecular weight excluding hydrogens is 294 g/mol. The maximum Gasteiger partial charge on any atom is 0.348 e. The Bertz CT molecular complexity index is 456. The lowest BCUT2D eigenvalue weighted by molar-refractivity contribution is 0.475. The summed E-state index contributed by atoms with van der Waals surface area (Å²) in [6, 6.07) is 0.493. The highest BCUT2D eigenvalue weighted by atomic mass is 79.9. The Morgan fingerprint density at radius 2 is 2.11 bits per heavy atom. The van der Waals surface area contributed by atoms with Crippen molar-refractivity contribution in [2.45, 2.75) is 53.1 Å². The number of rotatable bonds is 6. The van der Waals surface area contributed by atoms with Crippen molar-refractivity contribution in [3.05, 3.63) is 26.3 Å². The van der Waals surface area contributed by atoms with Gasteiger partial charge in [-0.15, -0.1) is 0 Å². The second-order valence-electron chi connectivity index (χ2n) is 4.67. The molecule has 0 saturated carbocycles. The van der Waals surface area contributed by atoms with Crippen molar-refractivity contribution in [3.8, 4) is 0 Å². The van der Waals surface area contributed by atoms with Gasteiger partial charge in [-0.2, -0.15) is 4.98 Å². The van der Waals surface area contributed by atoms with Gasteiger partial charge < -0.3 is 5.32 Å². The molecule has 1 unspecified atom stereocenters. The zero-order valence-corrected chi connectivity index (χ0v) is 13.2. The minimum atomic E-state index is -0.168. The van der Waals surface area contributed by atoms with Crippen molar-refractivity contribution in [2.24, 2.45) is 0 Å². The highest BCUT2D eigenvalue weighted by Gasteiger charge is 2.09. The van der Waals surface area contributed by atoms with Gasteiger partial charge in [-0.25, -0.2) is 4.79 Å². The Kier molecular flexibility index (Phi) is 6.02. The Morgan fingerprint density at radius 1 is 1.44 bits per heavy atom. The van der Waals surface area contributed by atoms with Gasteiger partial charge in [0.15, 0.2) is 0 Å². The van der Waals surface area contributed by atoms with Crippen molar-refractivity contribution >= 4 is 15.9 Å². The molecule has 102 valence electrons. The van der Waals surface area contributed by atoms with Crippen LogP contribution in [0.15, 0.2) is 9.27 Å². The Morgan fingerprint density at radius 3 is 2.72 bits per heavy atom. The van der Waals surface area contributed by atoms with E-state index in [1.807, 2.05) is 13.8 Å². The fourth-order valence-electron chi connectivity index (χ4n) is 2.00. The number of halogens is 1. The summed E-state index contributed by atoms with van der Waals surface area (Å²) in [7, 11) is 0. The van der Waals surface area contributed by atoms with Gasteiger partial charge in [0.1, 0.15) is 0 Å². The van der Waals surface area contributed by atoms with Crippen LogP contribution in [0.25, 0.3) is 0 Å². The average Bonchev–Trinajstić information content (AvgIpc) is 2.31. The summed E-state index contributed by atoms with van der Waals surface area (Å²) in [4.78, 5) is 15.8. The fraction of sp³-hybridized carbons (Fsp3) is 0.692. The van der Waals surface area contributed by atoms with E-state index in [1.54, 1.807) is 4.57 Å². The van der Waals surface area contributed by atoms with Gasteiger partial charge in [-0.05, 0) is 43.1 Å². The van der Waals surface area contributed by atoms with Gasteiger partial charge in [-0.3, -0.25) is 4.57 Å². The molecule has 0 bridgehead atoms. The standard InChI is InChI=1S/C13H22BrN3O/c1-5-6-9(2)15-7-8-17-11(4)12(14)10(3)16-13(17)18/h9,15H,5-8H2,1-4H3. The first-order valence-electron chi connectivity index (χ1n) is 6.44. The molecule has 0 aromatic carbocycles. The second-order valence-corrected chi connectivity index (χ2v) is 5.47. The quantitative estimate of drug-likeness (QED) is 0.877. The number of hydrogen-bond acceptors (Lipinski definition) is 3. The maximum atomic E-state index is 11.8. The zero-order valence-electron chi connectivity index (χ0n) is 11.6. The largest absolute Gasteiger partial charge is 0.348 e. The van der Waals surface area contributed by atoms with E-state index >= 15 is 0 Å². The van der Waals surface area contributed by atoms with Crippen molar-refractivity contribution in [2.75, 3.05) is 6.54 Å². The fourth-order valence-corrected chi connectivity index (χ4v) is 2.30. The molecule has 0 aliphatic heterocycles. The molecule has 0 aliphatic rings. The number of nitrogens with zero attached hydrogens (tertiary/aromatic N) is 2. The van der Waals surface area contributed by atoms with Crippen LogP contribution < -0.4 is 11.0 Å². The molecule has 1 N–H and O–H groups in total. The van der Waals surface area contributed by atoms with Crippen LogP contribution in [0, 0.1) is 13.8 Å². The summed E-state index contributed by atoms with van der Waals surface area (Å²) in [5, 5.41) is 3.42. The van der Waals surface area contributed by atoms with E-state index in [0.717, 1.165) is 28.8 Å². The number of aryl methyl sites for hydroxylation is 1. The van der Waals surface area contributed by atoms with E-state index in [1.165, 1.54) is 6.42 Å². The molecule has 0 fully saturated rings. The average molecular weight is 316 g/mol. The van der Waals surface area contributed by atoms with Crippen molar-refractivity contribution in [3.63, 3.8) is 0 Å². The Balaban J connectivity index is 2.69. The van der Waals surface area contributed by atoms with Crippen LogP contribution in [-0.4, -0.2) is 22.1 Å². The molecule has 4 nitrogen and oxygen atoms in total. The summed E-state index contributed by atoms with van der Waals surface area (Å²) in [6.07, 6.45) is 2.33. The Labute approximate surface area is 117 Å². The molecule has 0 aliphatic carbocycles. The predicted molar refractivity (Wildman–Crippen MR) is 78.0 cm³/mol. The topological polar surface area (TPSA) is 46.9 Å². The van der Waals surface area contributed by atoms with Crippen molar-refractivity contribution in [1.82, 2.24) is 14.9 Å². The van der Waals surface area contributed by atoms with Gasteiger partial charge in [0.2, 0.25) is 0 Å². The maximum absolute atomic E-state index is 11.8. The van der Waals surface area contributed by atoms with Gasteiger partial charge in [0.05, 0.1) is 10.2 Å². The Hall–Kier alpha value is -0.680. The molecule has 1 aromatic heterocycles. The monoisotopic (exact) mass is 315 g/mol. The van der Waals surface area contributed by atoms with E-state index in [4.69, 9.17) is 0 Å². The van der Waals surface area contributed by atoms with Gasteiger partial charge in [-0.1, -0.05) is 13.3 Å². The smallest absolute Gasteiger partial charge is 0.312 e. The van der Waals surface area contributed by atoms with Crippen LogP contribution >= 0.6 is 15.9 Å². The molecule has 18 heavy (non-hydrogen) atoms. The SMILES string of the molecule is CCCC(C)NCCn1c(C)c(Br)c(C)nc1=O.